The highest BCUT2D eigenvalue weighted by molar-refractivity contribution is 9.11. The number of aromatic nitrogens is 1. The van der Waals surface area contributed by atoms with Crippen LogP contribution in [-0.4, -0.2) is 4.98 Å². The van der Waals surface area contributed by atoms with E-state index in [9.17, 15) is 0 Å². The summed E-state index contributed by atoms with van der Waals surface area (Å²) < 4.78 is 7.58. The van der Waals surface area contributed by atoms with Crippen LogP contribution in [0.2, 0.25) is 0 Å². The van der Waals surface area contributed by atoms with Crippen LogP contribution in [0.4, 0.5) is 0 Å². The van der Waals surface area contributed by atoms with Crippen molar-refractivity contribution in [3.63, 3.8) is 0 Å². The molecule has 0 fully saturated rings. The van der Waals surface area contributed by atoms with E-state index in [2.05, 4.69) is 36.8 Å². The van der Waals surface area contributed by atoms with E-state index in [0.717, 1.165) is 20.3 Å². The summed E-state index contributed by atoms with van der Waals surface area (Å²) in [6.45, 7) is 4.04. The molecule has 88 valence electrons. The number of benzene rings is 1. The molecule has 0 amide bonds. The Morgan fingerprint density at radius 2 is 1.88 bits per heavy atom. The summed E-state index contributed by atoms with van der Waals surface area (Å²) in [5.74, 6) is 1.34. The van der Waals surface area contributed by atoms with Crippen LogP contribution in [0.5, 0.6) is 11.6 Å². The second-order valence-corrected chi connectivity index (χ2v) is 5.43. The fourth-order valence-corrected chi connectivity index (χ4v) is 2.27. The van der Waals surface area contributed by atoms with Crippen molar-refractivity contribution in [1.82, 2.24) is 4.98 Å². The second kappa shape index (κ2) is 5.19. The zero-order valence-corrected chi connectivity index (χ0v) is 12.7. The van der Waals surface area contributed by atoms with Gasteiger partial charge in [-0.1, -0.05) is 6.07 Å². The highest BCUT2D eigenvalue weighted by Crippen LogP contribution is 2.33. The van der Waals surface area contributed by atoms with Crippen LogP contribution in [0, 0.1) is 13.8 Å². The Kier molecular flexibility index (Phi) is 3.84. The summed E-state index contributed by atoms with van der Waals surface area (Å²) in [7, 11) is 0. The Morgan fingerprint density at radius 3 is 2.59 bits per heavy atom. The molecule has 0 unspecified atom stereocenters. The van der Waals surface area contributed by atoms with Gasteiger partial charge in [0.05, 0.1) is 8.95 Å². The number of pyridine rings is 1. The van der Waals surface area contributed by atoms with E-state index in [0.29, 0.717) is 5.88 Å². The molecule has 1 aromatic heterocycles. The third-order valence-electron chi connectivity index (χ3n) is 2.34. The van der Waals surface area contributed by atoms with Crippen molar-refractivity contribution in [3.8, 4) is 11.6 Å². The molecule has 2 aromatic rings. The lowest BCUT2D eigenvalue weighted by Gasteiger charge is -2.09. The lowest BCUT2D eigenvalue weighted by Crippen LogP contribution is -1.91. The first-order valence-corrected chi connectivity index (χ1v) is 6.71. The third kappa shape index (κ3) is 2.87. The van der Waals surface area contributed by atoms with Crippen LogP contribution >= 0.6 is 31.9 Å². The molecule has 0 radical (unpaired) electrons. The minimum Gasteiger partial charge on any atom is -0.437 e. The minimum atomic E-state index is 0.578. The van der Waals surface area contributed by atoms with Crippen molar-refractivity contribution in [1.29, 1.82) is 0 Å². The molecule has 0 aliphatic heterocycles. The number of rotatable bonds is 2. The van der Waals surface area contributed by atoms with E-state index in [4.69, 9.17) is 4.74 Å². The van der Waals surface area contributed by atoms with Gasteiger partial charge in [-0.05, 0) is 75.0 Å². The Bertz CT molecular complexity index is 555. The van der Waals surface area contributed by atoms with Gasteiger partial charge in [-0.25, -0.2) is 4.98 Å². The van der Waals surface area contributed by atoms with Gasteiger partial charge in [0.15, 0.2) is 0 Å². The normalized spacial score (nSPS) is 10.4. The molecule has 17 heavy (non-hydrogen) atoms. The summed E-state index contributed by atoms with van der Waals surface area (Å²) in [5, 5.41) is 0. The quantitative estimate of drug-likeness (QED) is 0.754. The summed E-state index contributed by atoms with van der Waals surface area (Å²) >= 11 is 6.95. The average molecular weight is 357 g/mol. The summed E-state index contributed by atoms with van der Waals surface area (Å²) in [6, 6.07) is 7.87. The van der Waals surface area contributed by atoms with E-state index in [1.54, 1.807) is 6.20 Å². The van der Waals surface area contributed by atoms with E-state index < -0.39 is 0 Å². The molecule has 0 aliphatic carbocycles. The first kappa shape index (κ1) is 12.6. The maximum Gasteiger partial charge on any atom is 0.233 e. The molecule has 0 aliphatic rings. The Morgan fingerprint density at radius 1 is 1.12 bits per heavy atom. The predicted molar refractivity (Wildman–Crippen MR) is 75.6 cm³/mol. The van der Waals surface area contributed by atoms with E-state index >= 15 is 0 Å². The number of nitrogens with zero attached hydrogens (tertiary/aromatic N) is 1. The number of hydrogen-bond donors (Lipinski definition) is 0. The van der Waals surface area contributed by atoms with Crippen molar-refractivity contribution in [2.24, 2.45) is 0 Å². The van der Waals surface area contributed by atoms with Gasteiger partial charge in [0.1, 0.15) is 5.75 Å². The van der Waals surface area contributed by atoms with Crippen LogP contribution in [0.15, 0.2) is 39.4 Å². The second-order valence-electron chi connectivity index (χ2n) is 3.78. The predicted octanol–water partition coefficient (Wildman–Crippen LogP) is 5.02. The highest BCUT2D eigenvalue weighted by atomic mass is 79.9. The van der Waals surface area contributed by atoms with Crippen molar-refractivity contribution in [3.05, 3.63) is 50.5 Å². The van der Waals surface area contributed by atoms with Crippen LogP contribution in [0.25, 0.3) is 0 Å². The largest absolute Gasteiger partial charge is 0.437 e. The molecule has 0 atom stereocenters. The molecule has 1 heterocycles. The molecular weight excluding hydrogens is 346 g/mol. The number of ether oxygens (including phenoxy) is 1. The van der Waals surface area contributed by atoms with Gasteiger partial charge in [-0.3, -0.25) is 0 Å². The van der Waals surface area contributed by atoms with Crippen LogP contribution < -0.4 is 4.74 Å². The average Bonchev–Trinajstić information content (AvgIpc) is 2.28. The SMILES string of the molecule is Cc1ccc(Oc2nccc(C)c2Br)c(Br)c1. The lowest BCUT2D eigenvalue weighted by molar-refractivity contribution is 0.456. The van der Waals surface area contributed by atoms with Crippen LogP contribution in [-0.2, 0) is 0 Å². The molecule has 0 saturated carbocycles. The standard InChI is InChI=1S/C13H11Br2NO/c1-8-3-4-11(10(14)7-8)17-13-12(15)9(2)5-6-16-13/h3-7H,1-2H3. The lowest BCUT2D eigenvalue weighted by atomic mass is 10.2. The first-order chi connectivity index (χ1) is 8.08. The molecular formula is C13H11Br2NO. The first-order valence-electron chi connectivity index (χ1n) is 5.13. The van der Waals surface area contributed by atoms with Crippen molar-refractivity contribution >= 4 is 31.9 Å². The summed E-state index contributed by atoms with van der Waals surface area (Å²) in [5.41, 5.74) is 2.28. The van der Waals surface area contributed by atoms with Gasteiger partial charge in [-0.2, -0.15) is 0 Å². The number of halogens is 2. The molecule has 2 nitrogen and oxygen atoms in total. The smallest absolute Gasteiger partial charge is 0.233 e. The van der Waals surface area contributed by atoms with Gasteiger partial charge < -0.3 is 4.74 Å². The van der Waals surface area contributed by atoms with Gasteiger partial charge in [-0.15, -0.1) is 0 Å². The zero-order valence-electron chi connectivity index (χ0n) is 9.50. The van der Waals surface area contributed by atoms with Crippen molar-refractivity contribution < 1.29 is 4.74 Å². The van der Waals surface area contributed by atoms with Crippen LogP contribution in [0.1, 0.15) is 11.1 Å². The van der Waals surface area contributed by atoms with Crippen LogP contribution in [0.3, 0.4) is 0 Å². The Hall–Kier alpha value is -0.870. The fraction of sp³-hybridized carbons (Fsp3) is 0.154. The van der Waals surface area contributed by atoms with E-state index in [1.807, 2.05) is 38.1 Å². The van der Waals surface area contributed by atoms with E-state index in [1.165, 1.54) is 5.56 Å². The topological polar surface area (TPSA) is 22.1 Å². The molecule has 0 N–H and O–H groups in total. The third-order valence-corrected chi connectivity index (χ3v) is 3.93. The molecule has 1 aromatic carbocycles. The fourth-order valence-electron chi connectivity index (χ4n) is 1.38. The summed E-state index contributed by atoms with van der Waals surface area (Å²) in [6.07, 6.45) is 1.73. The molecule has 0 bridgehead atoms. The van der Waals surface area contributed by atoms with E-state index in [-0.39, 0.29) is 0 Å². The highest BCUT2D eigenvalue weighted by Gasteiger charge is 2.08. The van der Waals surface area contributed by atoms with Gasteiger partial charge >= 0.3 is 0 Å². The Balaban J connectivity index is 2.35. The number of hydrogen-bond acceptors (Lipinski definition) is 2. The maximum absolute atomic E-state index is 5.77. The molecule has 0 saturated heterocycles. The molecule has 4 heteroatoms. The minimum absolute atomic E-state index is 0.578. The number of aryl methyl sites for hydroxylation is 2. The monoisotopic (exact) mass is 355 g/mol. The van der Waals surface area contributed by atoms with Gasteiger partial charge in [0.2, 0.25) is 5.88 Å². The summed E-state index contributed by atoms with van der Waals surface area (Å²) in [4.78, 5) is 4.21. The Labute approximate surface area is 117 Å². The van der Waals surface area contributed by atoms with Gasteiger partial charge in [0, 0.05) is 6.20 Å². The van der Waals surface area contributed by atoms with Gasteiger partial charge in [0.25, 0.3) is 0 Å². The molecule has 2 rings (SSSR count). The van der Waals surface area contributed by atoms with Crippen molar-refractivity contribution in [2.45, 2.75) is 13.8 Å². The maximum atomic E-state index is 5.77. The van der Waals surface area contributed by atoms with Crippen molar-refractivity contribution in [2.75, 3.05) is 0 Å². The molecule has 0 spiro atoms. The zero-order chi connectivity index (χ0) is 12.4.